The molecule has 0 aliphatic rings. The van der Waals surface area contributed by atoms with Gasteiger partial charge in [-0.1, -0.05) is 6.92 Å². The van der Waals surface area contributed by atoms with Gasteiger partial charge in [0, 0.05) is 10.7 Å². The van der Waals surface area contributed by atoms with Crippen molar-refractivity contribution in [2.45, 2.75) is 25.9 Å². The predicted octanol–water partition coefficient (Wildman–Crippen LogP) is 3.18. The third-order valence-electron chi connectivity index (χ3n) is 2.78. The molecule has 1 amide bonds. The standard InChI is InChI=1S/C12H15FINO2/c1-4-12(2,17-3)11(16)15-10-6-5-8(13)7-9(10)14/h5-7H,4H2,1-3H3,(H,15,16). The molecule has 0 radical (unpaired) electrons. The summed E-state index contributed by atoms with van der Waals surface area (Å²) in [5.41, 5.74) is -0.272. The van der Waals surface area contributed by atoms with E-state index >= 15 is 0 Å². The van der Waals surface area contributed by atoms with Gasteiger partial charge in [0.2, 0.25) is 0 Å². The second-order valence-corrected chi connectivity index (χ2v) is 5.03. The molecule has 0 aliphatic carbocycles. The molecule has 3 nitrogen and oxygen atoms in total. The maximum Gasteiger partial charge on any atom is 0.256 e. The molecular formula is C12H15FINO2. The zero-order valence-corrected chi connectivity index (χ0v) is 12.2. The molecule has 1 rings (SSSR count). The minimum absolute atomic E-state index is 0.230. The maximum atomic E-state index is 12.9. The van der Waals surface area contributed by atoms with Gasteiger partial charge in [-0.3, -0.25) is 4.79 Å². The Morgan fingerprint density at radius 2 is 2.24 bits per heavy atom. The average Bonchev–Trinajstić information content (AvgIpc) is 2.31. The van der Waals surface area contributed by atoms with Crippen molar-refractivity contribution in [3.05, 3.63) is 27.6 Å². The highest BCUT2D eigenvalue weighted by Crippen LogP contribution is 2.22. The van der Waals surface area contributed by atoms with Crippen LogP contribution in [-0.4, -0.2) is 18.6 Å². The number of rotatable bonds is 4. The molecule has 1 N–H and O–H groups in total. The van der Waals surface area contributed by atoms with E-state index in [9.17, 15) is 9.18 Å². The summed E-state index contributed by atoms with van der Waals surface area (Å²) >= 11 is 1.98. The van der Waals surface area contributed by atoms with Gasteiger partial charge in [0.1, 0.15) is 11.4 Å². The average molecular weight is 351 g/mol. The lowest BCUT2D eigenvalue weighted by atomic mass is 10.0. The van der Waals surface area contributed by atoms with Crippen LogP contribution in [0, 0.1) is 9.39 Å². The van der Waals surface area contributed by atoms with Crippen molar-refractivity contribution < 1.29 is 13.9 Å². The fourth-order valence-corrected chi connectivity index (χ4v) is 1.86. The number of halogens is 2. The highest BCUT2D eigenvalue weighted by molar-refractivity contribution is 14.1. The van der Waals surface area contributed by atoms with Crippen molar-refractivity contribution >= 4 is 34.2 Å². The largest absolute Gasteiger partial charge is 0.369 e. The molecule has 0 fully saturated rings. The lowest BCUT2D eigenvalue weighted by molar-refractivity contribution is -0.136. The summed E-state index contributed by atoms with van der Waals surface area (Å²) in [6, 6.07) is 4.22. The van der Waals surface area contributed by atoms with Crippen molar-refractivity contribution in [3.8, 4) is 0 Å². The summed E-state index contributed by atoms with van der Waals surface area (Å²) in [4.78, 5) is 12.0. The number of hydrogen-bond donors (Lipinski definition) is 1. The minimum atomic E-state index is -0.864. The van der Waals surface area contributed by atoms with Crippen LogP contribution in [0.2, 0.25) is 0 Å². The monoisotopic (exact) mass is 351 g/mol. The zero-order valence-electron chi connectivity index (χ0n) is 10.0. The van der Waals surface area contributed by atoms with Gasteiger partial charge in [0.25, 0.3) is 5.91 Å². The first kappa shape index (κ1) is 14.4. The van der Waals surface area contributed by atoms with Crippen LogP contribution in [0.15, 0.2) is 18.2 Å². The summed E-state index contributed by atoms with van der Waals surface area (Å²) in [6.45, 7) is 3.59. The molecule has 0 saturated heterocycles. The lowest BCUT2D eigenvalue weighted by Crippen LogP contribution is -2.41. The fraction of sp³-hybridized carbons (Fsp3) is 0.417. The normalized spacial score (nSPS) is 14.2. The van der Waals surface area contributed by atoms with Crippen molar-refractivity contribution in [2.75, 3.05) is 12.4 Å². The molecule has 0 spiro atoms. The second-order valence-electron chi connectivity index (χ2n) is 3.87. The van der Waals surface area contributed by atoms with E-state index < -0.39 is 5.60 Å². The van der Waals surface area contributed by atoms with Gasteiger partial charge in [-0.2, -0.15) is 0 Å². The van der Waals surface area contributed by atoms with Crippen LogP contribution in [0.25, 0.3) is 0 Å². The summed E-state index contributed by atoms with van der Waals surface area (Å²) in [7, 11) is 1.50. The van der Waals surface area contributed by atoms with Gasteiger partial charge in [-0.05, 0) is 54.1 Å². The molecule has 1 atom stereocenters. The van der Waals surface area contributed by atoms with Gasteiger partial charge in [0.05, 0.1) is 5.69 Å². The first-order valence-corrected chi connectivity index (χ1v) is 6.32. The SMILES string of the molecule is CCC(C)(OC)C(=O)Nc1ccc(F)cc1I. The Bertz CT molecular complexity index is 419. The van der Waals surface area contributed by atoms with Gasteiger partial charge >= 0.3 is 0 Å². The Kier molecular flexibility index (Phi) is 4.88. The third-order valence-corrected chi connectivity index (χ3v) is 3.68. The first-order valence-electron chi connectivity index (χ1n) is 5.24. The molecule has 0 saturated carbocycles. The molecular weight excluding hydrogens is 336 g/mol. The van der Waals surface area contributed by atoms with Crippen LogP contribution in [0.1, 0.15) is 20.3 Å². The highest BCUT2D eigenvalue weighted by atomic mass is 127. The topological polar surface area (TPSA) is 38.3 Å². The Balaban J connectivity index is 2.88. The Morgan fingerprint density at radius 1 is 1.59 bits per heavy atom. The Labute approximate surface area is 114 Å². The molecule has 5 heteroatoms. The lowest BCUT2D eigenvalue weighted by Gasteiger charge is -2.25. The van der Waals surface area contributed by atoms with Gasteiger partial charge in [0.15, 0.2) is 0 Å². The van der Waals surface area contributed by atoms with E-state index in [1.165, 1.54) is 19.2 Å². The summed E-state index contributed by atoms with van der Waals surface area (Å²) in [6.07, 6.45) is 0.563. The highest BCUT2D eigenvalue weighted by Gasteiger charge is 2.31. The summed E-state index contributed by atoms with van der Waals surface area (Å²) in [5.74, 6) is -0.551. The Morgan fingerprint density at radius 3 is 2.71 bits per heavy atom. The number of ether oxygens (including phenoxy) is 1. The van der Waals surface area contributed by atoms with E-state index in [1.807, 2.05) is 29.5 Å². The maximum absolute atomic E-state index is 12.9. The molecule has 0 aliphatic heterocycles. The van der Waals surface area contributed by atoms with Crippen molar-refractivity contribution in [1.29, 1.82) is 0 Å². The van der Waals surface area contributed by atoms with Crippen LogP contribution < -0.4 is 5.32 Å². The van der Waals surface area contributed by atoms with E-state index in [4.69, 9.17) is 4.74 Å². The predicted molar refractivity (Wildman–Crippen MR) is 73.5 cm³/mol. The number of anilines is 1. The van der Waals surface area contributed by atoms with E-state index in [0.717, 1.165) is 0 Å². The first-order chi connectivity index (χ1) is 7.92. The fourth-order valence-electron chi connectivity index (χ4n) is 1.24. The molecule has 1 aromatic carbocycles. The molecule has 1 aromatic rings. The number of carbonyl (C=O) groups is 1. The van der Waals surface area contributed by atoms with Gasteiger partial charge < -0.3 is 10.1 Å². The van der Waals surface area contributed by atoms with Crippen LogP contribution in [-0.2, 0) is 9.53 Å². The molecule has 0 bridgehead atoms. The van der Waals surface area contributed by atoms with Crippen molar-refractivity contribution in [1.82, 2.24) is 0 Å². The number of amides is 1. The van der Waals surface area contributed by atoms with E-state index in [1.54, 1.807) is 13.0 Å². The van der Waals surface area contributed by atoms with Crippen LogP contribution in [0.5, 0.6) is 0 Å². The minimum Gasteiger partial charge on any atom is -0.369 e. The molecule has 17 heavy (non-hydrogen) atoms. The molecule has 0 aromatic heterocycles. The quantitative estimate of drug-likeness (QED) is 0.847. The van der Waals surface area contributed by atoms with Crippen molar-refractivity contribution in [2.24, 2.45) is 0 Å². The summed E-state index contributed by atoms with van der Waals surface area (Å²) < 4.78 is 18.8. The smallest absolute Gasteiger partial charge is 0.256 e. The number of methoxy groups -OCH3 is 1. The molecule has 94 valence electrons. The number of benzene rings is 1. The van der Waals surface area contributed by atoms with Gasteiger partial charge in [-0.15, -0.1) is 0 Å². The molecule has 0 heterocycles. The van der Waals surface area contributed by atoms with Crippen LogP contribution in [0.3, 0.4) is 0 Å². The third kappa shape index (κ3) is 3.38. The second kappa shape index (κ2) is 5.77. The number of nitrogens with one attached hydrogen (secondary N) is 1. The molecule has 1 unspecified atom stereocenters. The van der Waals surface area contributed by atoms with Crippen LogP contribution >= 0.6 is 22.6 Å². The van der Waals surface area contributed by atoms with E-state index in [0.29, 0.717) is 15.7 Å². The van der Waals surface area contributed by atoms with E-state index in [2.05, 4.69) is 5.32 Å². The van der Waals surface area contributed by atoms with Gasteiger partial charge in [-0.25, -0.2) is 4.39 Å². The number of hydrogen-bond acceptors (Lipinski definition) is 2. The van der Waals surface area contributed by atoms with E-state index in [-0.39, 0.29) is 11.7 Å². The zero-order chi connectivity index (χ0) is 13.1. The Hall–Kier alpha value is -0.690. The van der Waals surface area contributed by atoms with Crippen LogP contribution in [0.4, 0.5) is 10.1 Å². The number of carbonyl (C=O) groups excluding carboxylic acids is 1. The summed E-state index contributed by atoms with van der Waals surface area (Å²) in [5, 5.41) is 2.74. The van der Waals surface area contributed by atoms with Crippen molar-refractivity contribution in [3.63, 3.8) is 0 Å².